The van der Waals surface area contributed by atoms with Gasteiger partial charge in [-0.2, -0.15) is 0 Å². The number of hydrogen-bond acceptors (Lipinski definition) is 10. The Morgan fingerprint density at radius 2 is 1.90 bits per heavy atom. The Morgan fingerprint density at radius 3 is 2.28 bits per heavy atom. The topological polar surface area (TPSA) is 207 Å². The quantitative estimate of drug-likeness (QED) is 0.303. The molecule has 1 aliphatic rings. The van der Waals surface area contributed by atoms with Crippen LogP contribution in [0.25, 0.3) is 0 Å². The van der Waals surface area contributed by atoms with Gasteiger partial charge in [-0.05, 0) is 12.1 Å². The minimum atomic E-state index is -1.31. The van der Waals surface area contributed by atoms with Gasteiger partial charge < -0.3 is 36.3 Å². The standard InChI is InChI=1S/C8H15NO6.C7H7NO.C2H3N3/c1-3(11)14-8-5(9)7(13)6(12)4(2-10)15-8;8-7(9)6-4-2-1-3-5-6;1-2-4-5-3-1/h4-8,10,12-13H,2,9H2,1H3;1-5H,(H2,8,9);1-2H,(H,3,4,5)/t4-,5-,6-,7-,8?;;/m1../s1. The molecule has 1 saturated heterocycles. The predicted molar refractivity (Wildman–Crippen MR) is 98.8 cm³/mol. The fraction of sp³-hybridized carbons (Fsp3) is 0.412. The number of hydrogen-bond donors (Lipinski definition) is 6. The SMILES string of the molecule is CC(=O)OC1O[C@H](CO)[C@@H](O)[C@H](O)[C@H]1N.NC(=O)c1ccccc1.c1c[nH]nn1. The zero-order valence-electron chi connectivity index (χ0n) is 15.7. The summed E-state index contributed by atoms with van der Waals surface area (Å²) in [7, 11) is 0. The van der Waals surface area contributed by atoms with Crippen molar-refractivity contribution in [3.63, 3.8) is 0 Å². The predicted octanol–water partition coefficient (Wildman–Crippen LogP) is -2.09. The third-order valence-corrected chi connectivity index (χ3v) is 3.60. The Labute approximate surface area is 166 Å². The van der Waals surface area contributed by atoms with Crippen LogP contribution in [0.5, 0.6) is 0 Å². The van der Waals surface area contributed by atoms with Gasteiger partial charge in [-0.1, -0.05) is 23.4 Å². The largest absolute Gasteiger partial charge is 0.434 e. The van der Waals surface area contributed by atoms with Crippen LogP contribution in [0.15, 0.2) is 42.7 Å². The number of nitrogens with zero attached hydrogens (tertiary/aromatic N) is 2. The number of H-pyrrole nitrogens is 1. The van der Waals surface area contributed by atoms with E-state index in [0.717, 1.165) is 0 Å². The lowest BCUT2D eigenvalue weighted by Gasteiger charge is -2.39. The lowest BCUT2D eigenvalue weighted by atomic mass is 9.98. The Balaban J connectivity index is 0.000000251. The maximum Gasteiger partial charge on any atom is 0.304 e. The Kier molecular flexibility index (Phi) is 10.4. The lowest BCUT2D eigenvalue weighted by molar-refractivity contribution is -0.258. The van der Waals surface area contributed by atoms with Crippen molar-refractivity contribution in [2.45, 2.75) is 37.6 Å². The fourth-order valence-electron chi connectivity index (χ4n) is 2.14. The number of rotatable bonds is 3. The summed E-state index contributed by atoms with van der Waals surface area (Å²) in [5.74, 6) is -0.994. The van der Waals surface area contributed by atoms with Crippen molar-refractivity contribution in [2.75, 3.05) is 6.61 Å². The zero-order valence-corrected chi connectivity index (χ0v) is 15.7. The van der Waals surface area contributed by atoms with Gasteiger partial charge in [-0.25, -0.2) is 0 Å². The van der Waals surface area contributed by atoms with Crippen molar-refractivity contribution < 1.29 is 34.4 Å². The molecule has 1 aliphatic heterocycles. The van der Waals surface area contributed by atoms with Crippen LogP contribution in [0, 0.1) is 0 Å². The number of primary amides is 1. The number of esters is 1. The van der Waals surface area contributed by atoms with Crippen molar-refractivity contribution in [1.82, 2.24) is 15.4 Å². The molecule has 0 saturated carbocycles. The number of benzene rings is 1. The molecule has 160 valence electrons. The van der Waals surface area contributed by atoms with E-state index in [-0.39, 0.29) is 5.91 Å². The van der Waals surface area contributed by atoms with Crippen molar-refractivity contribution in [3.8, 4) is 0 Å². The third-order valence-electron chi connectivity index (χ3n) is 3.60. The van der Waals surface area contributed by atoms with E-state index in [1.54, 1.807) is 36.7 Å². The molecule has 8 N–H and O–H groups in total. The molecule has 0 aliphatic carbocycles. The van der Waals surface area contributed by atoms with Crippen molar-refractivity contribution in [2.24, 2.45) is 11.5 Å². The first-order valence-electron chi connectivity index (χ1n) is 8.48. The average molecular weight is 411 g/mol. The van der Waals surface area contributed by atoms with Crippen LogP contribution < -0.4 is 11.5 Å². The smallest absolute Gasteiger partial charge is 0.304 e. The van der Waals surface area contributed by atoms with E-state index < -0.39 is 43.2 Å². The summed E-state index contributed by atoms with van der Waals surface area (Å²) in [5.41, 5.74) is 11.0. The number of nitrogens with two attached hydrogens (primary N) is 2. The van der Waals surface area contributed by atoms with E-state index in [1.165, 1.54) is 6.92 Å². The summed E-state index contributed by atoms with van der Waals surface area (Å²) in [6, 6.07) is 7.73. The second kappa shape index (κ2) is 12.5. The van der Waals surface area contributed by atoms with Crippen LogP contribution in [0.2, 0.25) is 0 Å². The molecule has 0 radical (unpaired) electrons. The number of aliphatic hydroxyl groups excluding tert-OH is 3. The minimum absolute atomic E-state index is 0.379. The number of carbonyl (C=O) groups excluding carboxylic acids is 2. The highest BCUT2D eigenvalue weighted by Gasteiger charge is 2.43. The number of aromatic nitrogens is 3. The van der Waals surface area contributed by atoms with Crippen LogP contribution in [-0.2, 0) is 14.3 Å². The number of carbonyl (C=O) groups is 2. The van der Waals surface area contributed by atoms with E-state index in [2.05, 4.69) is 20.1 Å². The highest BCUT2D eigenvalue weighted by atomic mass is 16.7. The molecule has 1 unspecified atom stereocenters. The molecule has 12 nitrogen and oxygen atoms in total. The maximum absolute atomic E-state index is 10.7. The minimum Gasteiger partial charge on any atom is -0.434 e. The summed E-state index contributed by atoms with van der Waals surface area (Å²) in [5, 5.41) is 37.0. The molecular formula is C17H25N5O7. The number of ether oxygens (including phenoxy) is 2. The molecule has 1 amide bonds. The summed E-state index contributed by atoms with van der Waals surface area (Å²) in [6.45, 7) is 0.671. The van der Waals surface area contributed by atoms with Gasteiger partial charge in [0.25, 0.3) is 0 Å². The summed E-state index contributed by atoms with van der Waals surface area (Å²) >= 11 is 0. The molecule has 12 heteroatoms. The van der Waals surface area contributed by atoms with Gasteiger partial charge in [-0.3, -0.25) is 14.7 Å². The molecule has 1 fully saturated rings. The molecule has 2 heterocycles. The number of nitrogens with one attached hydrogen (secondary N) is 1. The van der Waals surface area contributed by atoms with Crippen LogP contribution >= 0.6 is 0 Å². The van der Waals surface area contributed by atoms with E-state index >= 15 is 0 Å². The van der Waals surface area contributed by atoms with E-state index in [4.69, 9.17) is 21.3 Å². The maximum atomic E-state index is 10.7. The van der Waals surface area contributed by atoms with Gasteiger partial charge in [0.05, 0.1) is 18.8 Å². The molecule has 3 rings (SSSR count). The number of amides is 1. The molecule has 2 aromatic rings. The van der Waals surface area contributed by atoms with E-state index in [9.17, 15) is 19.8 Å². The number of aromatic amines is 1. The Morgan fingerprint density at radius 1 is 1.24 bits per heavy atom. The third kappa shape index (κ3) is 8.33. The van der Waals surface area contributed by atoms with Gasteiger partial charge in [-0.15, -0.1) is 5.10 Å². The van der Waals surface area contributed by atoms with Crippen LogP contribution in [-0.4, -0.2) is 79.9 Å². The van der Waals surface area contributed by atoms with E-state index in [0.29, 0.717) is 5.56 Å². The zero-order chi connectivity index (χ0) is 21.8. The van der Waals surface area contributed by atoms with E-state index in [1.807, 2.05) is 6.07 Å². The second-order valence-electron chi connectivity index (χ2n) is 5.78. The number of aliphatic hydroxyl groups is 3. The molecular weight excluding hydrogens is 386 g/mol. The van der Waals surface area contributed by atoms with Gasteiger partial charge in [0, 0.05) is 18.7 Å². The first-order valence-corrected chi connectivity index (χ1v) is 8.48. The molecule has 0 spiro atoms. The average Bonchev–Trinajstić information content (AvgIpc) is 3.29. The Bertz CT molecular complexity index is 697. The molecule has 1 aromatic carbocycles. The van der Waals surface area contributed by atoms with Gasteiger partial charge in [0.15, 0.2) is 0 Å². The normalized spacial score (nSPS) is 25.5. The van der Waals surface area contributed by atoms with Crippen LogP contribution in [0.3, 0.4) is 0 Å². The highest BCUT2D eigenvalue weighted by Crippen LogP contribution is 2.20. The molecule has 29 heavy (non-hydrogen) atoms. The highest BCUT2D eigenvalue weighted by molar-refractivity contribution is 5.92. The second-order valence-corrected chi connectivity index (χ2v) is 5.78. The Hall–Kier alpha value is -2.90. The van der Waals surface area contributed by atoms with Crippen molar-refractivity contribution in [3.05, 3.63) is 48.3 Å². The summed E-state index contributed by atoms with van der Waals surface area (Å²) < 4.78 is 9.70. The lowest BCUT2D eigenvalue weighted by Crippen LogP contribution is -2.62. The first kappa shape index (κ1) is 24.1. The van der Waals surface area contributed by atoms with Crippen LogP contribution in [0.4, 0.5) is 0 Å². The van der Waals surface area contributed by atoms with Gasteiger partial charge in [0.2, 0.25) is 12.2 Å². The monoisotopic (exact) mass is 411 g/mol. The molecule has 5 atom stereocenters. The molecule has 1 aromatic heterocycles. The van der Waals surface area contributed by atoms with Crippen molar-refractivity contribution >= 4 is 11.9 Å². The molecule has 0 bridgehead atoms. The van der Waals surface area contributed by atoms with Crippen LogP contribution in [0.1, 0.15) is 17.3 Å². The fourth-order valence-corrected chi connectivity index (χ4v) is 2.14. The van der Waals surface area contributed by atoms with Gasteiger partial charge >= 0.3 is 5.97 Å². The first-order chi connectivity index (χ1) is 13.8. The van der Waals surface area contributed by atoms with Gasteiger partial charge in [0.1, 0.15) is 18.3 Å². The summed E-state index contributed by atoms with van der Waals surface area (Å²) in [4.78, 5) is 21.1. The summed E-state index contributed by atoms with van der Waals surface area (Å²) in [6.07, 6.45) is -1.53. The van der Waals surface area contributed by atoms with Crippen molar-refractivity contribution in [1.29, 1.82) is 0 Å².